The van der Waals surface area contributed by atoms with Gasteiger partial charge in [0.2, 0.25) is 0 Å². The van der Waals surface area contributed by atoms with Gasteiger partial charge in [-0.15, -0.1) is 0 Å². The molecule has 0 bridgehead atoms. The molecule has 0 atom stereocenters. The van der Waals surface area contributed by atoms with Crippen molar-refractivity contribution in [1.29, 1.82) is 0 Å². The number of hydrogen-bond acceptors (Lipinski definition) is 3. The average molecular weight is 298 g/mol. The predicted octanol–water partition coefficient (Wildman–Crippen LogP) is 1.06. The molecule has 1 aromatic carbocycles. The molecule has 0 saturated carbocycles. The molecule has 114 valence electrons. The summed E-state index contributed by atoms with van der Waals surface area (Å²) < 4.78 is 5.32. The standard InChI is InChI=1S/C16H19BN2O3/c1-16(2,3)22-15(21)18-8-12(9-18)19-7-10-6-11(17)4-5-13(10)14(19)20/h4-6,12H,7-9H2,1-3H3. The van der Waals surface area contributed by atoms with E-state index in [2.05, 4.69) is 0 Å². The highest BCUT2D eigenvalue weighted by Crippen LogP contribution is 2.28. The van der Waals surface area contributed by atoms with E-state index in [1.807, 2.05) is 31.7 Å². The summed E-state index contributed by atoms with van der Waals surface area (Å²) in [6.45, 7) is 7.12. The zero-order valence-electron chi connectivity index (χ0n) is 13.1. The molecule has 1 saturated heterocycles. The Kier molecular flexibility index (Phi) is 3.42. The average Bonchev–Trinajstić information content (AvgIpc) is 2.62. The minimum Gasteiger partial charge on any atom is -0.444 e. The lowest BCUT2D eigenvalue weighted by Crippen LogP contribution is -2.61. The number of carbonyl (C=O) groups excluding carboxylic acids is 2. The number of benzene rings is 1. The summed E-state index contributed by atoms with van der Waals surface area (Å²) in [5, 5.41) is 0. The van der Waals surface area contributed by atoms with Crippen molar-refractivity contribution >= 4 is 25.3 Å². The van der Waals surface area contributed by atoms with Gasteiger partial charge in [0.15, 0.2) is 0 Å². The normalized spacial score (nSPS) is 18.2. The quantitative estimate of drug-likeness (QED) is 0.728. The molecule has 5 nitrogen and oxygen atoms in total. The molecule has 1 fully saturated rings. The molecule has 2 radical (unpaired) electrons. The van der Waals surface area contributed by atoms with Gasteiger partial charge in [-0.1, -0.05) is 17.6 Å². The van der Waals surface area contributed by atoms with E-state index in [4.69, 9.17) is 12.6 Å². The number of carbonyl (C=O) groups is 2. The zero-order chi connectivity index (χ0) is 16.1. The number of amides is 2. The highest BCUT2D eigenvalue weighted by molar-refractivity contribution is 6.32. The van der Waals surface area contributed by atoms with E-state index in [0.717, 1.165) is 5.56 Å². The van der Waals surface area contributed by atoms with E-state index in [0.29, 0.717) is 30.7 Å². The highest BCUT2D eigenvalue weighted by atomic mass is 16.6. The van der Waals surface area contributed by atoms with Crippen LogP contribution in [0.1, 0.15) is 36.7 Å². The van der Waals surface area contributed by atoms with Gasteiger partial charge in [0, 0.05) is 25.2 Å². The van der Waals surface area contributed by atoms with Gasteiger partial charge >= 0.3 is 6.09 Å². The molecule has 0 spiro atoms. The van der Waals surface area contributed by atoms with Crippen molar-refractivity contribution in [3.05, 3.63) is 29.3 Å². The lowest BCUT2D eigenvalue weighted by atomic mass is 9.93. The fourth-order valence-electron chi connectivity index (χ4n) is 2.79. The van der Waals surface area contributed by atoms with E-state index >= 15 is 0 Å². The van der Waals surface area contributed by atoms with Crippen LogP contribution in [0.25, 0.3) is 0 Å². The third kappa shape index (κ3) is 2.70. The largest absolute Gasteiger partial charge is 0.444 e. The maximum absolute atomic E-state index is 12.4. The van der Waals surface area contributed by atoms with E-state index in [9.17, 15) is 9.59 Å². The summed E-state index contributed by atoms with van der Waals surface area (Å²) in [5.41, 5.74) is 1.84. The van der Waals surface area contributed by atoms with Crippen LogP contribution in [0, 0.1) is 0 Å². The number of fused-ring (bicyclic) bond motifs is 1. The summed E-state index contributed by atoms with van der Waals surface area (Å²) in [7, 11) is 5.77. The first-order valence-corrected chi connectivity index (χ1v) is 7.42. The summed E-state index contributed by atoms with van der Waals surface area (Å²) in [6, 6.07) is 5.41. The van der Waals surface area contributed by atoms with Crippen LogP contribution in [0.4, 0.5) is 4.79 Å². The van der Waals surface area contributed by atoms with Gasteiger partial charge < -0.3 is 14.5 Å². The number of likely N-dealkylation sites (tertiary alicyclic amines) is 1. The molecule has 22 heavy (non-hydrogen) atoms. The van der Waals surface area contributed by atoms with Crippen LogP contribution in [0.5, 0.6) is 0 Å². The van der Waals surface area contributed by atoms with Crippen molar-refractivity contribution in [2.45, 2.75) is 39.0 Å². The Morgan fingerprint density at radius 1 is 1.32 bits per heavy atom. The van der Waals surface area contributed by atoms with Crippen molar-refractivity contribution in [3.8, 4) is 0 Å². The van der Waals surface area contributed by atoms with Gasteiger partial charge in [0.25, 0.3) is 5.91 Å². The molecule has 2 aliphatic rings. The molecule has 0 aliphatic carbocycles. The minimum atomic E-state index is -0.501. The Hall–Kier alpha value is -1.98. The molecular formula is C16H19BN2O3. The molecule has 2 heterocycles. The van der Waals surface area contributed by atoms with Gasteiger partial charge in [-0.2, -0.15) is 0 Å². The van der Waals surface area contributed by atoms with E-state index < -0.39 is 5.60 Å². The van der Waals surface area contributed by atoms with Crippen molar-refractivity contribution < 1.29 is 14.3 Å². The van der Waals surface area contributed by atoms with Crippen molar-refractivity contribution in [3.63, 3.8) is 0 Å². The second-order valence-corrected chi connectivity index (χ2v) is 6.89. The Balaban J connectivity index is 1.61. The number of nitrogens with zero attached hydrogens (tertiary/aromatic N) is 2. The maximum atomic E-state index is 12.4. The van der Waals surface area contributed by atoms with Crippen LogP contribution in [0.3, 0.4) is 0 Å². The first-order chi connectivity index (χ1) is 10.2. The van der Waals surface area contributed by atoms with Crippen LogP contribution < -0.4 is 5.46 Å². The van der Waals surface area contributed by atoms with Crippen molar-refractivity contribution in [2.24, 2.45) is 0 Å². The van der Waals surface area contributed by atoms with Crippen LogP contribution in [-0.4, -0.2) is 54.4 Å². The van der Waals surface area contributed by atoms with Crippen LogP contribution in [-0.2, 0) is 11.3 Å². The topological polar surface area (TPSA) is 49.9 Å². The molecule has 0 aromatic heterocycles. The van der Waals surface area contributed by atoms with Gasteiger partial charge in [0.1, 0.15) is 13.4 Å². The summed E-state index contributed by atoms with van der Waals surface area (Å²) >= 11 is 0. The molecular weight excluding hydrogens is 279 g/mol. The molecule has 6 heteroatoms. The Morgan fingerprint density at radius 2 is 2.00 bits per heavy atom. The first-order valence-electron chi connectivity index (χ1n) is 7.42. The number of ether oxygens (including phenoxy) is 1. The maximum Gasteiger partial charge on any atom is 0.410 e. The van der Waals surface area contributed by atoms with Crippen molar-refractivity contribution in [2.75, 3.05) is 13.1 Å². The van der Waals surface area contributed by atoms with Crippen LogP contribution in [0.15, 0.2) is 18.2 Å². The summed E-state index contributed by atoms with van der Waals surface area (Å²) in [4.78, 5) is 27.8. The van der Waals surface area contributed by atoms with Gasteiger partial charge in [0.05, 0.1) is 6.04 Å². The Morgan fingerprint density at radius 3 is 2.64 bits per heavy atom. The monoisotopic (exact) mass is 298 g/mol. The van der Waals surface area contributed by atoms with Crippen LogP contribution >= 0.6 is 0 Å². The highest BCUT2D eigenvalue weighted by Gasteiger charge is 2.41. The zero-order valence-corrected chi connectivity index (χ0v) is 13.1. The predicted molar refractivity (Wildman–Crippen MR) is 83.3 cm³/mol. The van der Waals surface area contributed by atoms with Crippen LogP contribution in [0.2, 0.25) is 0 Å². The van der Waals surface area contributed by atoms with E-state index in [-0.39, 0.29) is 18.0 Å². The van der Waals surface area contributed by atoms with Gasteiger partial charge in [-0.05, 0) is 32.4 Å². The Bertz CT molecular complexity index is 633. The molecule has 2 aliphatic heterocycles. The van der Waals surface area contributed by atoms with Crippen molar-refractivity contribution in [1.82, 2.24) is 9.80 Å². The third-order valence-corrected chi connectivity index (χ3v) is 3.92. The number of hydrogen-bond donors (Lipinski definition) is 0. The van der Waals surface area contributed by atoms with E-state index in [1.54, 1.807) is 17.0 Å². The summed E-state index contributed by atoms with van der Waals surface area (Å²) in [5.74, 6) is 0.0174. The minimum absolute atomic E-state index is 0.0174. The molecule has 1 aromatic rings. The van der Waals surface area contributed by atoms with Gasteiger partial charge in [-0.25, -0.2) is 4.79 Å². The Labute approximate surface area is 131 Å². The molecule has 0 unspecified atom stereocenters. The second-order valence-electron chi connectivity index (χ2n) is 6.89. The molecule has 2 amide bonds. The third-order valence-electron chi connectivity index (χ3n) is 3.92. The SMILES string of the molecule is [B]c1ccc2c(c1)CN(C1CN(C(=O)OC(C)(C)C)C1)C2=O. The van der Waals surface area contributed by atoms with Gasteiger partial charge in [-0.3, -0.25) is 4.79 Å². The lowest BCUT2D eigenvalue weighted by molar-refractivity contribution is -0.0125. The smallest absolute Gasteiger partial charge is 0.410 e. The van der Waals surface area contributed by atoms with E-state index in [1.165, 1.54) is 0 Å². The lowest BCUT2D eigenvalue weighted by Gasteiger charge is -2.43. The summed E-state index contributed by atoms with van der Waals surface area (Å²) in [6.07, 6.45) is -0.322. The molecule has 0 N–H and O–H groups in total. The number of rotatable bonds is 1. The first kappa shape index (κ1) is 14.9. The molecule has 3 rings (SSSR count). The second kappa shape index (κ2) is 5.04. The fraction of sp³-hybridized carbons (Fsp3) is 0.500. The fourth-order valence-corrected chi connectivity index (χ4v) is 2.79.